The Morgan fingerprint density at radius 1 is 0.881 bits per heavy atom. The van der Waals surface area contributed by atoms with E-state index >= 15 is 0 Å². The third-order valence-electron chi connectivity index (χ3n) is 5.88. The summed E-state index contributed by atoms with van der Waals surface area (Å²) in [7, 11) is 3.18. The van der Waals surface area contributed by atoms with Crippen molar-refractivity contribution in [3.8, 4) is 23.3 Å². The van der Waals surface area contributed by atoms with Gasteiger partial charge in [0.05, 0.1) is 25.7 Å². The fraction of sp³-hybridized carbons (Fsp3) is 0.138. The van der Waals surface area contributed by atoms with Gasteiger partial charge in [-0.25, -0.2) is 4.79 Å². The fourth-order valence-electron chi connectivity index (χ4n) is 3.99. The van der Waals surface area contributed by atoms with Gasteiger partial charge in [-0.1, -0.05) is 35.9 Å². The Labute approximate surface area is 250 Å². The second-order valence-corrected chi connectivity index (χ2v) is 9.59. The molecule has 0 amide bonds. The van der Waals surface area contributed by atoms with Crippen LogP contribution >= 0.6 is 23.8 Å². The number of thiocarbonyl (C=S) groups is 1. The van der Waals surface area contributed by atoms with E-state index in [0.717, 1.165) is 5.56 Å². The molecule has 2 heterocycles. The quantitative estimate of drug-likeness (QED) is 0.129. The zero-order chi connectivity index (χ0) is 29.5. The number of para-hydroxylation sites is 1. The molecule has 0 aliphatic heterocycles. The van der Waals surface area contributed by atoms with Crippen LogP contribution in [0.4, 0.5) is 17.6 Å². The van der Waals surface area contributed by atoms with Crippen molar-refractivity contribution >= 4 is 57.5 Å². The lowest BCUT2D eigenvalue weighted by Gasteiger charge is -2.13. The Balaban J connectivity index is 1.38. The van der Waals surface area contributed by atoms with Crippen molar-refractivity contribution in [1.82, 2.24) is 15.0 Å². The Hall–Kier alpha value is -4.94. The number of fused-ring (bicyclic) bond motifs is 1. The Bertz CT molecular complexity index is 1800. The summed E-state index contributed by atoms with van der Waals surface area (Å²) < 4.78 is 22.0. The van der Waals surface area contributed by atoms with Crippen LogP contribution in [0.3, 0.4) is 0 Å². The number of nitrogens with zero attached hydrogens (tertiary/aromatic N) is 3. The highest BCUT2D eigenvalue weighted by Gasteiger charge is 2.14. The molecule has 13 heteroatoms. The molecule has 0 unspecified atom stereocenters. The lowest BCUT2D eigenvalue weighted by Crippen LogP contribution is -2.21. The molecule has 0 aliphatic rings. The zero-order valence-corrected chi connectivity index (χ0v) is 24.1. The molecule has 0 fully saturated rings. The summed E-state index contributed by atoms with van der Waals surface area (Å²) in [5, 5.41) is 10.5. The van der Waals surface area contributed by atoms with E-state index in [-0.39, 0.29) is 28.8 Å². The molecule has 214 valence electrons. The summed E-state index contributed by atoms with van der Waals surface area (Å²) in [5.41, 5.74) is 1.49. The summed E-state index contributed by atoms with van der Waals surface area (Å²) in [6, 6.07) is 21.0. The number of rotatable bonds is 10. The molecule has 0 bridgehead atoms. The van der Waals surface area contributed by atoms with Gasteiger partial charge >= 0.3 is 11.6 Å². The molecule has 3 N–H and O–H groups in total. The third-order valence-corrected chi connectivity index (χ3v) is 6.32. The van der Waals surface area contributed by atoms with Crippen LogP contribution < -0.4 is 35.8 Å². The van der Waals surface area contributed by atoms with E-state index in [1.807, 2.05) is 24.3 Å². The van der Waals surface area contributed by atoms with Gasteiger partial charge in [0.1, 0.15) is 11.3 Å². The van der Waals surface area contributed by atoms with Crippen molar-refractivity contribution in [2.75, 3.05) is 36.7 Å². The van der Waals surface area contributed by atoms with E-state index in [9.17, 15) is 4.79 Å². The van der Waals surface area contributed by atoms with Crippen molar-refractivity contribution in [2.24, 2.45) is 0 Å². The van der Waals surface area contributed by atoms with Gasteiger partial charge in [0, 0.05) is 17.3 Å². The topological polar surface area (TPSA) is 133 Å². The molecule has 0 atom stereocenters. The minimum Gasteiger partial charge on any atom is -0.493 e. The predicted molar refractivity (Wildman–Crippen MR) is 165 cm³/mol. The van der Waals surface area contributed by atoms with Crippen molar-refractivity contribution in [2.45, 2.75) is 6.42 Å². The molecule has 2 aromatic heterocycles. The summed E-state index contributed by atoms with van der Waals surface area (Å²) in [4.78, 5) is 25.4. The summed E-state index contributed by atoms with van der Waals surface area (Å²) in [6.07, 6.45) is 0.629. The molecule has 5 rings (SSSR count). The molecule has 5 aromatic rings. The molecule has 11 nitrogen and oxygen atoms in total. The van der Waals surface area contributed by atoms with Crippen LogP contribution in [0.1, 0.15) is 5.56 Å². The van der Waals surface area contributed by atoms with Crippen LogP contribution in [0.5, 0.6) is 23.3 Å². The summed E-state index contributed by atoms with van der Waals surface area (Å²) >= 11 is 11.5. The van der Waals surface area contributed by atoms with Crippen molar-refractivity contribution < 1.29 is 18.6 Å². The number of halogens is 1. The largest absolute Gasteiger partial charge is 0.493 e. The minimum absolute atomic E-state index is 0.0672. The van der Waals surface area contributed by atoms with E-state index in [1.165, 1.54) is 6.07 Å². The van der Waals surface area contributed by atoms with Crippen LogP contribution in [0.15, 0.2) is 82.0 Å². The second kappa shape index (κ2) is 13.1. The van der Waals surface area contributed by atoms with Crippen LogP contribution in [0.2, 0.25) is 5.02 Å². The van der Waals surface area contributed by atoms with Gasteiger partial charge in [0.15, 0.2) is 16.6 Å². The lowest BCUT2D eigenvalue weighted by atomic mass is 10.1. The minimum atomic E-state index is -0.573. The highest BCUT2D eigenvalue weighted by molar-refractivity contribution is 7.80. The molecule has 0 saturated carbocycles. The van der Waals surface area contributed by atoms with Gasteiger partial charge in [0.25, 0.3) is 0 Å². The van der Waals surface area contributed by atoms with E-state index in [0.29, 0.717) is 46.1 Å². The predicted octanol–water partition coefficient (Wildman–Crippen LogP) is 5.90. The van der Waals surface area contributed by atoms with E-state index < -0.39 is 5.63 Å². The van der Waals surface area contributed by atoms with Crippen LogP contribution in [0.25, 0.3) is 11.0 Å². The zero-order valence-electron chi connectivity index (χ0n) is 22.5. The van der Waals surface area contributed by atoms with E-state index in [4.69, 9.17) is 42.4 Å². The average Bonchev–Trinajstić information content (AvgIpc) is 2.97. The van der Waals surface area contributed by atoms with Crippen LogP contribution in [-0.4, -0.2) is 40.8 Å². The van der Waals surface area contributed by atoms with Gasteiger partial charge < -0.3 is 34.6 Å². The van der Waals surface area contributed by atoms with E-state index in [1.54, 1.807) is 56.7 Å². The number of hydrogen-bond acceptors (Lipinski definition) is 10. The van der Waals surface area contributed by atoms with Gasteiger partial charge in [-0.3, -0.25) is 0 Å². The Kier molecular flexibility index (Phi) is 8.95. The monoisotopic (exact) mass is 604 g/mol. The third kappa shape index (κ3) is 7.22. The van der Waals surface area contributed by atoms with Gasteiger partial charge in [-0.15, -0.1) is 0 Å². The lowest BCUT2D eigenvalue weighted by molar-refractivity contribution is 0.354. The number of anilines is 3. The van der Waals surface area contributed by atoms with Gasteiger partial charge in [-0.2, -0.15) is 15.0 Å². The second-order valence-electron chi connectivity index (χ2n) is 8.75. The SMILES string of the molecule is COc1ccc(CCNc2nc(NC(=S)Nc3cccc(Cl)c3)nc(Oc3cc(=O)oc4ccccc34)n2)cc1OC. The smallest absolute Gasteiger partial charge is 0.339 e. The highest BCUT2D eigenvalue weighted by Crippen LogP contribution is 2.29. The standard InChI is InChI=1S/C29H25ClN6O5S/c1-38-22-11-10-17(14-24(22)39-2)12-13-31-26-33-27(36-29(42)32-19-7-5-6-18(30)15-19)35-28(34-26)41-23-16-25(37)40-21-9-4-3-8-20(21)23/h3-11,14-16H,12-13H2,1-2H3,(H3,31,32,33,34,35,36,42). The fourth-order valence-corrected chi connectivity index (χ4v) is 4.39. The van der Waals surface area contributed by atoms with E-state index in [2.05, 4.69) is 30.9 Å². The summed E-state index contributed by atoms with van der Waals surface area (Å²) in [5.74, 6) is 1.85. The van der Waals surface area contributed by atoms with Crippen molar-refractivity contribution in [1.29, 1.82) is 0 Å². The van der Waals surface area contributed by atoms with Crippen LogP contribution in [0, 0.1) is 0 Å². The number of aromatic nitrogens is 3. The first-order valence-corrected chi connectivity index (χ1v) is 13.4. The van der Waals surface area contributed by atoms with Gasteiger partial charge in [-0.05, 0) is 66.7 Å². The van der Waals surface area contributed by atoms with Crippen LogP contribution in [-0.2, 0) is 6.42 Å². The molecular formula is C29H25ClN6O5S. The van der Waals surface area contributed by atoms with Crippen molar-refractivity contribution in [3.05, 3.63) is 93.8 Å². The first kappa shape index (κ1) is 28.6. The molecule has 3 aromatic carbocycles. The molecule has 42 heavy (non-hydrogen) atoms. The van der Waals surface area contributed by atoms with Gasteiger partial charge in [0.2, 0.25) is 11.9 Å². The maximum Gasteiger partial charge on any atom is 0.339 e. The number of methoxy groups -OCH3 is 2. The number of nitrogens with one attached hydrogen (secondary N) is 3. The normalized spacial score (nSPS) is 10.6. The molecule has 0 aliphatic carbocycles. The maximum atomic E-state index is 12.2. The highest BCUT2D eigenvalue weighted by atomic mass is 35.5. The molecule has 0 radical (unpaired) electrons. The average molecular weight is 605 g/mol. The Morgan fingerprint density at radius 2 is 1.69 bits per heavy atom. The maximum absolute atomic E-state index is 12.2. The molecule has 0 saturated heterocycles. The number of benzene rings is 3. The number of ether oxygens (including phenoxy) is 3. The molecular weight excluding hydrogens is 580 g/mol. The molecule has 0 spiro atoms. The Morgan fingerprint density at radius 3 is 2.50 bits per heavy atom. The first-order chi connectivity index (χ1) is 20.4. The summed E-state index contributed by atoms with van der Waals surface area (Å²) in [6.45, 7) is 0.474. The van der Waals surface area contributed by atoms with Crippen molar-refractivity contribution in [3.63, 3.8) is 0 Å². The first-order valence-electron chi connectivity index (χ1n) is 12.7. The number of hydrogen-bond donors (Lipinski definition) is 3.